The highest BCUT2D eigenvalue weighted by atomic mass is 16.3. The molecule has 7 heteroatoms. The molecule has 0 amide bonds. The average Bonchev–Trinajstić information content (AvgIpc) is 3.39. The summed E-state index contributed by atoms with van der Waals surface area (Å²) in [7, 11) is 0. The van der Waals surface area contributed by atoms with Gasteiger partial charge in [-0.3, -0.25) is 24.0 Å². The number of carbonyl (C=O) groups is 5. The summed E-state index contributed by atoms with van der Waals surface area (Å²) in [5.41, 5.74) is -0.319. The SMILES string of the molecule is CC(=O)C1C(=O)C(C(C)C)[C@@]2(C)C[C@@]3(C)Cc4c(C(C)C)cc(CCC5=CC(C(C)(C)C)=CC5)c(O)c4C(=O)C3C(=O)[C@@]2(O)C1=O. The number of phenolic OH excluding ortho intramolecular Hbond substituents is 1. The van der Waals surface area contributed by atoms with Gasteiger partial charge in [-0.2, -0.15) is 0 Å². The number of Topliss-reactive ketones (excluding diaryl/α,β-unsaturated/α-hetero) is 5. The minimum absolute atomic E-state index is 0.0188. The van der Waals surface area contributed by atoms with E-state index in [1.807, 2.05) is 26.8 Å². The number of rotatable bonds is 6. The molecule has 5 rings (SSSR count). The summed E-state index contributed by atoms with van der Waals surface area (Å²) in [6, 6.07) is 1.99. The maximum atomic E-state index is 14.6. The predicted molar refractivity (Wildman–Crippen MR) is 176 cm³/mol. The molecule has 2 fully saturated rings. The van der Waals surface area contributed by atoms with Crippen LogP contribution in [0.2, 0.25) is 0 Å². The third kappa shape index (κ3) is 4.74. The van der Waals surface area contributed by atoms with E-state index in [4.69, 9.17) is 0 Å². The van der Waals surface area contributed by atoms with E-state index in [0.29, 0.717) is 24.0 Å². The number of benzene rings is 1. The summed E-state index contributed by atoms with van der Waals surface area (Å²) in [5, 5.41) is 24.0. The molecule has 2 N–H and O–H groups in total. The first-order valence-corrected chi connectivity index (χ1v) is 16.8. The minimum atomic E-state index is -2.69. The van der Waals surface area contributed by atoms with Gasteiger partial charge in [0.2, 0.25) is 0 Å². The Labute approximate surface area is 272 Å². The Morgan fingerprint density at radius 3 is 2.17 bits per heavy atom. The molecule has 0 spiro atoms. The van der Waals surface area contributed by atoms with Crippen LogP contribution in [0.15, 0.2) is 29.4 Å². The maximum Gasteiger partial charge on any atom is 0.190 e. The molecule has 0 aromatic heterocycles. The Balaban J connectivity index is 1.62. The lowest BCUT2D eigenvalue weighted by atomic mass is 9.39. The molecule has 3 unspecified atom stereocenters. The van der Waals surface area contributed by atoms with Gasteiger partial charge in [0, 0.05) is 11.3 Å². The van der Waals surface area contributed by atoms with Crippen molar-refractivity contribution >= 4 is 28.9 Å². The second-order valence-corrected chi connectivity index (χ2v) is 16.7. The van der Waals surface area contributed by atoms with Crippen molar-refractivity contribution in [2.75, 3.05) is 0 Å². The van der Waals surface area contributed by atoms with Crippen molar-refractivity contribution in [3.8, 4) is 5.75 Å². The van der Waals surface area contributed by atoms with Crippen molar-refractivity contribution in [1.29, 1.82) is 0 Å². The van der Waals surface area contributed by atoms with Crippen LogP contribution in [0.3, 0.4) is 0 Å². The Morgan fingerprint density at radius 2 is 1.65 bits per heavy atom. The molecule has 0 saturated heterocycles. The van der Waals surface area contributed by atoms with Crippen LogP contribution < -0.4 is 0 Å². The number of aryl methyl sites for hydroxylation is 1. The molecule has 6 atom stereocenters. The van der Waals surface area contributed by atoms with Gasteiger partial charge in [0.25, 0.3) is 0 Å². The summed E-state index contributed by atoms with van der Waals surface area (Å²) >= 11 is 0. The molecule has 46 heavy (non-hydrogen) atoms. The van der Waals surface area contributed by atoms with E-state index >= 15 is 0 Å². The monoisotopic (exact) mass is 630 g/mol. The number of aromatic hydroxyl groups is 1. The van der Waals surface area contributed by atoms with Crippen LogP contribution in [0.1, 0.15) is 121 Å². The summed E-state index contributed by atoms with van der Waals surface area (Å²) in [6.07, 6.45) is 6.84. The number of allylic oxidation sites excluding steroid dienone is 4. The zero-order valence-corrected chi connectivity index (χ0v) is 29.1. The molecule has 4 aliphatic carbocycles. The minimum Gasteiger partial charge on any atom is -0.507 e. The van der Waals surface area contributed by atoms with E-state index in [0.717, 1.165) is 18.9 Å². The number of carbonyl (C=O) groups excluding carboxylic acids is 5. The van der Waals surface area contributed by atoms with Crippen LogP contribution in [-0.4, -0.2) is 44.7 Å². The van der Waals surface area contributed by atoms with Crippen molar-refractivity contribution in [3.05, 3.63) is 51.6 Å². The third-order valence-electron chi connectivity index (χ3n) is 11.6. The molecule has 1 aromatic carbocycles. The van der Waals surface area contributed by atoms with Gasteiger partial charge < -0.3 is 10.2 Å². The molecular formula is C39H50O7. The van der Waals surface area contributed by atoms with Crippen LogP contribution in [0.4, 0.5) is 0 Å². The number of hydrogen-bond donors (Lipinski definition) is 2. The van der Waals surface area contributed by atoms with E-state index in [1.165, 1.54) is 11.1 Å². The highest BCUT2D eigenvalue weighted by Gasteiger charge is 2.76. The predicted octanol–water partition coefficient (Wildman–Crippen LogP) is 6.45. The van der Waals surface area contributed by atoms with Crippen molar-refractivity contribution < 1.29 is 34.2 Å². The fourth-order valence-electron chi connectivity index (χ4n) is 9.57. The second kappa shape index (κ2) is 10.9. The van der Waals surface area contributed by atoms with Crippen molar-refractivity contribution in [1.82, 2.24) is 0 Å². The van der Waals surface area contributed by atoms with Crippen molar-refractivity contribution in [2.24, 2.45) is 39.9 Å². The first kappa shape index (κ1) is 34.2. The van der Waals surface area contributed by atoms with E-state index in [-0.39, 0.29) is 41.4 Å². The standard InChI is InChI=1S/C39H50O7/c1-19(2)25-16-23(13-11-22-12-14-24(15-22)36(6,7)8)31(41)28-26(25)17-37(9)18-38(10)29(20(3)4)32(42)27(21(5)40)34(44)39(38,46)35(45)30(37)33(28)43/h14-16,19-20,27,29-30,41,46H,11-13,17-18H2,1-10H3/t27?,29?,30?,37-,38-,39+/m1/s1. The van der Waals surface area contributed by atoms with Gasteiger partial charge in [-0.05, 0) is 84.0 Å². The fourth-order valence-corrected chi connectivity index (χ4v) is 9.57. The van der Waals surface area contributed by atoms with E-state index in [2.05, 4.69) is 32.9 Å². The third-order valence-corrected chi connectivity index (χ3v) is 11.6. The van der Waals surface area contributed by atoms with Crippen LogP contribution in [0.25, 0.3) is 0 Å². The highest BCUT2D eigenvalue weighted by molar-refractivity contribution is 6.32. The molecule has 248 valence electrons. The molecule has 0 bridgehead atoms. The molecule has 4 aliphatic rings. The lowest BCUT2D eigenvalue weighted by Crippen LogP contribution is -2.76. The summed E-state index contributed by atoms with van der Waals surface area (Å²) in [5.74, 6) is -8.57. The van der Waals surface area contributed by atoms with Gasteiger partial charge in [0.1, 0.15) is 17.5 Å². The molecular weight excluding hydrogens is 580 g/mol. The maximum absolute atomic E-state index is 14.6. The molecule has 7 nitrogen and oxygen atoms in total. The normalized spacial score (nSPS) is 32.8. The zero-order chi connectivity index (χ0) is 34.5. The Bertz CT molecular complexity index is 1630. The van der Waals surface area contributed by atoms with Crippen LogP contribution in [0.5, 0.6) is 5.75 Å². The largest absolute Gasteiger partial charge is 0.507 e. The topological polar surface area (TPSA) is 126 Å². The van der Waals surface area contributed by atoms with Crippen molar-refractivity contribution in [2.45, 2.75) is 113 Å². The molecule has 0 aliphatic heterocycles. The smallest absolute Gasteiger partial charge is 0.190 e. The lowest BCUT2D eigenvalue weighted by molar-refractivity contribution is -0.205. The summed E-state index contributed by atoms with van der Waals surface area (Å²) in [6.45, 7) is 18.7. The van der Waals surface area contributed by atoms with Crippen molar-refractivity contribution in [3.63, 3.8) is 0 Å². The Morgan fingerprint density at radius 1 is 1.02 bits per heavy atom. The quantitative estimate of drug-likeness (QED) is 0.346. The van der Waals surface area contributed by atoms with Gasteiger partial charge in [-0.1, -0.05) is 86.1 Å². The van der Waals surface area contributed by atoms with Crippen LogP contribution >= 0.6 is 0 Å². The first-order valence-electron chi connectivity index (χ1n) is 16.8. The van der Waals surface area contributed by atoms with E-state index < -0.39 is 63.1 Å². The van der Waals surface area contributed by atoms with Gasteiger partial charge in [-0.15, -0.1) is 0 Å². The Hall–Kier alpha value is -3.19. The van der Waals surface area contributed by atoms with Gasteiger partial charge in [0.15, 0.2) is 28.7 Å². The van der Waals surface area contributed by atoms with Gasteiger partial charge >= 0.3 is 0 Å². The van der Waals surface area contributed by atoms with Gasteiger partial charge in [-0.25, -0.2) is 0 Å². The second-order valence-electron chi connectivity index (χ2n) is 16.7. The highest BCUT2D eigenvalue weighted by Crippen LogP contribution is 2.64. The summed E-state index contributed by atoms with van der Waals surface area (Å²) < 4.78 is 0. The fraction of sp³-hybridized carbons (Fsp3) is 0.615. The first-order chi connectivity index (χ1) is 21.1. The average molecular weight is 631 g/mol. The lowest BCUT2D eigenvalue weighted by Gasteiger charge is -2.62. The Kier molecular flexibility index (Phi) is 8.12. The number of ketones is 5. The van der Waals surface area contributed by atoms with E-state index in [1.54, 1.807) is 20.8 Å². The van der Waals surface area contributed by atoms with E-state index in [9.17, 15) is 34.2 Å². The molecule has 0 heterocycles. The number of phenols is 1. The molecule has 1 aromatic rings. The number of fused-ring (bicyclic) bond motifs is 3. The molecule has 0 radical (unpaired) electrons. The molecule has 2 saturated carbocycles. The van der Waals surface area contributed by atoms with Gasteiger partial charge in [0.05, 0.1) is 11.5 Å². The summed E-state index contributed by atoms with van der Waals surface area (Å²) in [4.78, 5) is 69.5. The van der Waals surface area contributed by atoms with Crippen LogP contribution in [0, 0.1) is 39.9 Å². The zero-order valence-electron chi connectivity index (χ0n) is 29.1. The van der Waals surface area contributed by atoms with Crippen LogP contribution in [-0.2, 0) is 32.0 Å². The number of aliphatic hydroxyl groups is 1. The number of hydrogen-bond acceptors (Lipinski definition) is 7.